The van der Waals surface area contributed by atoms with Crippen LogP contribution in [0.25, 0.3) is 10.9 Å². The van der Waals surface area contributed by atoms with Crippen molar-refractivity contribution in [1.29, 1.82) is 0 Å². The van der Waals surface area contributed by atoms with Crippen molar-refractivity contribution >= 4 is 34.3 Å². The maximum atomic E-state index is 14.0. The molecule has 8 heteroatoms. The maximum absolute atomic E-state index is 14.0. The Kier molecular flexibility index (Phi) is 6.13. The van der Waals surface area contributed by atoms with Gasteiger partial charge in [-0.3, -0.25) is 9.59 Å². The van der Waals surface area contributed by atoms with E-state index >= 15 is 0 Å². The van der Waals surface area contributed by atoms with E-state index in [9.17, 15) is 9.59 Å². The highest BCUT2D eigenvalue weighted by molar-refractivity contribution is 6.30. The molecule has 1 fully saturated rings. The van der Waals surface area contributed by atoms with E-state index in [-0.39, 0.29) is 24.4 Å². The summed E-state index contributed by atoms with van der Waals surface area (Å²) in [6.07, 6.45) is 4.14. The summed E-state index contributed by atoms with van der Waals surface area (Å²) in [5.74, 6) is 0.908. The van der Waals surface area contributed by atoms with Gasteiger partial charge in [0.2, 0.25) is 5.91 Å². The van der Waals surface area contributed by atoms with E-state index in [0.717, 1.165) is 42.1 Å². The molecule has 35 heavy (non-hydrogen) atoms. The highest BCUT2D eigenvalue weighted by Crippen LogP contribution is 2.40. The molecule has 0 saturated heterocycles. The summed E-state index contributed by atoms with van der Waals surface area (Å²) >= 11 is 6.23. The molecule has 1 aromatic heterocycles. The van der Waals surface area contributed by atoms with Crippen molar-refractivity contribution in [3.05, 3.63) is 58.7 Å². The minimum Gasteiger partial charge on any atom is -0.496 e. The van der Waals surface area contributed by atoms with E-state index in [1.54, 1.807) is 25.2 Å². The molecule has 2 aromatic carbocycles. The van der Waals surface area contributed by atoms with Crippen molar-refractivity contribution in [2.24, 2.45) is 0 Å². The lowest BCUT2D eigenvalue weighted by atomic mass is 9.93. The van der Waals surface area contributed by atoms with E-state index in [4.69, 9.17) is 21.1 Å². The second kappa shape index (κ2) is 9.11. The van der Waals surface area contributed by atoms with Crippen LogP contribution in [0, 0.1) is 0 Å². The number of hydrogen-bond donors (Lipinski definition) is 1. The fraction of sp³-hybridized carbons (Fsp3) is 0.407. The van der Waals surface area contributed by atoms with Crippen LogP contribution in [0.4, 0.5) is 0 Å². The van der Waals surface area contributed by atoms with E-state index in [2.05, 4.69) is 5.32 Å². The van der Waals surface area contributed by atoms with E-state index in [1.165, 1.54) is 0 Å². The van der Waals surface area contributed by atoms with E-state index in [0.29, 0.717) is 28.8 Å². The number of aromatic nitrogens is 1. The fourth-order valence-corrected chi connectivity index (χ4v) is 5.64. The van der Waals surface area contributed by atoms with Crippen LogP contribution in [0.2, 0.25) is 5.02 Å². The van der Waals surface area contributed by atoms with Crippen molar-refractivity contribution < 1.29 is 19.1 Å². The van der Waals surface area contributed by atoms with Crippen LogP contribution in [0.15, 0.2) is 42.5 Å². The molecule has 1 aliphatic carbocycles. The van der Waals surface area contributed by atoms with Gasteiger partial charge in [0.05, 0.1) is 26.3 Å². The number of halogens is 1. The van der Waals surface area contributed by atoms with Crippen LogP contribution in [-0.4, -0.2) is 47.1 Å². The van der Waals surface area contributed by atoms with Gasteiger partial charge in [-0.25, -0.2) is 0 Å². The van der Waals surface area contributed by atoms with Gasteiger partial charge in [0, 0.05) is 23.0 Å². The SMILES string of the molecule is COc1ccc(OC)c2c1cc1n2CC(C)(C(=O)NC2CCCC2)N(Cc2cccc(Cl)c2)C1=O. The van der Waals surface area contributed by atoms with Crippen molar-refractivity contribution in [3.8, 4) is 11.5 Å². The normalized spacial score (nSPS) is 20.2. The number of ether oxygens (including phenoxy) is 2. The molecule has 2 aliphatic rings. The second-order valence-electron chi connectivity index (χ2n) is 9.60. The molecule has 2 heterocycles. The third-order valence-corrected chi connectivity index (χ3v) is 7.59. The zero-order valence-electron chi connectivity index (χ0n) is 20.3. The minimum absolute atomic E-state index is 0.139. The summed E-state index contributed by atoms with van der Waals surface area (Å²) in [5, 5.41) is 4.60. The lowest BCUT2D eigenvalue weighted by molar-refractivity contribution is -0.133. The van der Waals surface area contributed by atoms with Gasteiger partial charge >= 0.3 is 0 Å². The number of rotatable bonds is 6. The predicted molar refractivity (Wildman–Crippen MR) is 135 cm³/mol. The quantitative estimate of drug-likeness (QED) is 0.534. The van der Waals surface area contributed by atoms with Crippen molar-refractivity contribution in [1.82, 2.24) is 14.8 Å². The first kappa shape index (κ1) is 23.5. The van der Waals surface area contributed by atoms with Gasteiger partial charge in [-0.2, -0.15) is 0 Å². The Hall–Kier alpha value is -3.19. The highest BCUT2D eigenvalue weighted by atomic mass is 35.5. The number of methoxy groups -OCH3 is 2. The Balaban J connectivity index is 1.64. The number of nitrogens with one attached hydrogen (secondary N) is 1. The minimum atomic E-state index is -1.12. The number of carbonyl (C=O) groups excluding carboxylic acids is 2. The number of nitrogens with zero attached hydrogens (tertiary/aromatic N) is 2. The van der Waals surface area contributed by atoms with Crippen LogP contribution < -0.4 is 14.8 Å². The molecule has 1 aliphatic heterocycles. The van der Waals surface area contributed by atoms with Crippen molar-refractivity contribution in [3.63, 3.8) is 0 Å². The van der Waals surface area contributed by atoms with Crippen molar-refractivity contribution in [2.45, 2.75) is 57.3 Å². The standard InChI is InChI=1S/C27H30ClN3O4/c1-27(26(33)29-19-9-4-5-10-19)16-30-21(14-20-22(34-2)11-12-23(35-3)24(20)30)25(32)31(27)15-17-7-6-8-18(28)13-17/h6-8,11-14,19H,4-5,9-10,15-16H2,1-3H3,(H,29,33). The van der Waals surface area contributed by atoms with Crippen LogP contribution in [0.3, 0.4) is 0 Å². The molecule has 1 atom stereocenters. The summed E-state index contributed by atoms with van der Waals surface area (Å²) in [6, 6.07) is 13.0. The monoisotopic (exact) mass is 495 g/mol. The van der Waals surface area contributed by atoms with Gasteiger partial charge in [-0.15, -0.1) is 0 Å². The molecule has 0 spiro atoms. The van der Waals surface area contributed by atoms with E-state index in [1.807, 2.05) is 47.9 Å². The zero-order valence-corrected chi connectivity index (χ0v) is 21.0. The van der Waals surface area contributed by atoms with Crippen LogP contribution >= 0.6 is 11.6 Å². The number of benzene rings is 2. The van der Waals surface area contributed by atoms with Gasteiger partial charge in [0.25, 0.3) is 5.91 Å². The topological polar surface area (TPSA) is 72.8 Å². The molecule has 1 saturated carbocycles. The van der Waals surface area contributed by atoms with Gasteiger partial charge in [-0.05, 0) is 55.7 Å². The maximum Gasteiger partial charge on any atom is 0.271 e. The number of hydrogen-bond acceptors (Lipinski definition) is 4. The molecule has 1 unspecified atom stereocenters. The summed E-state index contributed by atoms with van der Waals surface area (Å²) < 4.78 is 13.1. The third kappa shape index (κ3) is 4.01. The number of carbonyl (C=O) groups is 2. The molecule has 184 valence electrons. The average molecular weight is 496 g/mol. The molecule has 3 aromatic rings. The van der Waals surface area contributed by atoms with Crippen LogP contribution in [0.1, 0.15) is 48.7 Å². The first-order chi connectivity index (χ1) is 16.9. The molecular weight excluding hydrogens is 466 g/mol. The van der Waals surface area contributed by atoms with Crippen LogP contribution in [0.5, 0.6) is 11.5 Å². The summed E-state index contributed by atoms with van der Waals surface area (Å²) in [7, 11) is 3.20. The van der Waals surface area contributed by atoms with Gasteiger partial charge in [-0.1, -0.05) is 36.6 Å². The first-order valence-electron chi connectivity index (χ1n) is 12.0. The van der Waals surface area contributed by atoms with Crippen molar-refractivity contribution in [2.75, 3.05) is 14.2 Å². The Bertz CT molecular complexity index is 1300. The summed E-state index contributed by atoms with van der Waals surface area (Å²) in [6.45, 7) is 2.41. The molecule has 1 N–H and O–H groups in total. The smallest absolute Gasteiger partial charge is 0.271 e. The molecule has 0 radical (unpaired) electrons. The molecular formula is C27H30ClN3O4. The highest BCUT2D eigenvalue weighted by Gasteiger charge is 2.48. The first-order valence-corrected chi connectivity index (χ1v) is 12.3. The fourth-order valence-electron chi connectivity index (χ4n) is 5.43. The van der Waals surface area contributed by atoms with Crippen LogP contribution in [-0.2, 0) is 17.9 Å². The number of fused-ring (bicyclic) bond motifs is 3. The molecule has 0 bridgehead atoms. The molecule has 7 nitrogen and oxygen atoms in total. The largest absolute Gasteiger partial charge is 0.496 e. The Morgan fingerprint density at radius 1 is 1.11 bits per heavy atom. The average Bonchev–Trinajstić information content (AvgIpc) is 3.49. The molecule has 5 rings (SSSR count). The van der Waals surface area contributed by atoms with Gasteiger partial charge in [0.1, 0.15) is 22.7 Å². The second-order valence-corrected chi connectivity index (χ2v) is 10.0. The Morgan fingerprint density at radius 3 is 2.51 bits per heavy atom. The Labute approximate surface area is 209 Å². The summed E-state index contributed by atoms with van der Waals surface area (Å²) in [4.78, 5) is 29.6. The predicted octanol–water partition coefficient (Wildman–Crippen LogP) is 4.79. The third-order valence-electron chi connectivity index (χ3n) is 7.36. The zero-order chi connectivity index (χ0) is 24.7. The summed E-state index contributed by atoms with van der Waals surface area (Å²) in [5.41, 5.74) is 0.994. The lowest BCUT2D eigenvalue weighted by Crippen LogP contribution is -2.64. The molecule has 2 amide bonds. The number of amides is 2. The lowest BCUT2D eigenvalue weighted by Gasteiger charge is -2.44. The van der Waals surface area contributed by atoms with E-state index < -0.39 is 5.54 Å². The van der Waals surface area contributed by atoms with Gasteiger partial charge < -0.3 is 24.3 Å². The van der Waals surface area contributed by atoms with Gasteiger partial charge in [0.15, 0.2) is 0 Å². The Morgan fingerprint density at radius 2 is 1.83 bits per heavy atom.